The van der Waals surface area contributed by atoms with E-state index in [1.807, 2.05) is 0 Å². The van der Waals surface area contributed by atoms with Crippen molar-refractivity contribution in [2.24, 2.45) is 0 Å². The SMILES string of the molecule is Oc1cccc2c1C(F)CCCN2. The van der Waals surface area contributed by atoms with Crippen molar-refractivity contribution >= 4 is 5.69 Å². The number of fused-ring (bicyclic) bond motifs is 1. The third-order valence-electron chi connectivity index (χ3n) is 2.35. The predicted octanol–water partition coefficient (Wildman–Crippen LogP) is 2.61. The molecule has 0 fully saturated rings. The Labute approximate surface area is 76.4 Å². The molecular weight excluding hydrogens is 169 g/mol. The number of anilines is 1. The lowest BCUT2D eigenvalue weighted by Crippen LogP contribution is -1.99. The fourth-order valence-electron chi connectivity index (χ4n) is 1.69. The second kappa shape index (κ2) is 3.24. The third-order valence-corrected chi connectivity index (χ3v) is 2.35. The number of benzene rings is 1. The minimum Gasteiger partial charge on any atom is -0.507 e. The van der Waals surface area contributed by atoms with Gasteiger partial charge in [-0.2, -0.15) is 0 Å². The second-order valence-corrected chi connectivity index (χ2v) is 3.27. The van der Waals surface area contributed by atoms with Gasteiger partial charge in [-0.25, -0.2) is 4.39 Å². The molecule has 1 aliphatic rings. The van der Waals surface area contributed by atoms with E-state index < -0.39 is 6.17 Å². The Morgan fingerprint density at radius 1 is 1.46 bits per heavy atom. The van der Waals surface area contributed by atoms with E-state index in [1.165, 1.54) is 6.07 Å². The molecule has 0 saturated heterocycles. The molecule has 1 atom stereocenters. The summed E-state index contributed by atoms with van der Waals surface area (Å²) in [5.74, 6) is 0.0550. The maximum atomic E-state index is 13.5. The molecule has 13 heavy (non-hydrogen) atoms. The van der Waals surface area contributed by atoms with Crippen LogP contribution in [-0.2, 0) is 0 Å². The van der Waals surface area contributed by atoms with Gasteiger partial charge in [0.2, 0.25) is 0 Å². The first-order valence-electron chi connectivity index (χ1n) is 4.49. The lowest BCUT2D eigenvalue weighted by atomic mass is 10.0. The van der Waals surface area contributed by atoms with Gasteiger partial charge in [0.15, 0.2) is 0 Å². The van der Waals surface area contributed by atoms with Crippen LogP contribution in [0.1, 0.15) is 24.6 Å². The number of halogens is 1. The smallest absolute Gasteiger partial charge is 0.131 e. The number of phenolic OH excluding ortho intramolecular Hbond substituents is 1. The highest BCUT2D eigenvalue weighted by Gasteiger charge is 2.20. The van der Waals surface area contributed by atoms with E-state index in [4.69, 9.17) is 0 Å². The zero-order valence-electron chi connectivity index (χ0n) is 7.26. The highest BCUT2D eigenvalue weighted by Crippen LogP contribution is 2.37. The Kier molecular flexibility index (Phi) is 2.08. The zero-order chi connectivity index (χ0) is 9.26. The van der Waals surface area contributed by atoms with Gasteiger partial charge in [-0.1, -0.05) is 6.07 Å². The van der Waals surface area contributed by atoms with Gasteiger partial charge in [0, 0.05) is 12.2 Å². The van der Waals surface area contributed by atoms with Gasteiger partial charge in [0.05, 0.1) is 5.56 Å². The molecule has 70 valence electrons. The molecule has 2 rings (SSSR count). The molecule has 3 heteroatoms. The Morgan fingerprint density at radius 3 is 3.15 bits per heavy atom. The summed E-state index contributed by atoms with van der Waals surface area (Å²) >= 11 is 0. The maximum Gasteiger partial charge on any atom is 0.131 e. The minimum absolute atomic E-state index is 0.0550. The molecule has 1 aliphatic heterocycles. The Bertz CT molecular complexity index is 314. The quantitative estimate of drug-likeness (QED) is 0.644. The summed E-state index contributed by atoms with van der Waals surface area (Å²) in [6.45, 7) is 0.775. The Hall–Kier alpha value is -1.25. The van der Waals surface area contributed by atoms with Crippen LogP contribution in [0.15, 0.2) is 18.2 Å². The first kappa shape index (κ1) is 8.35. The molecule has 0 radical (unpaired) electrons. The number of nitrogens with one attached hydrogen (secondary N) is 1. The van der Waals surface area contributed by atoms with Crippen molar-refractivity contribution in [1.82, 2.24) is 0 Å². The van der Waals surface area contributed by atoms with Crippen molar-refractivity contribution in [3.8, 4) is 5.75 Å². The molecule has 1 heterocycles. The second-order valence-electron chi connectivity index (χ2n) is 3.27. The van der Waals surface area contributed by atoms with Crippen molar-refractivity contribution in [2.75, 3.05) is 11.9 Å². The van der Waals surface area contributed by atoms with Gasteiger partial charge in [-0.15, -0.1) is 0 Å². The Balaban J connectivity index is 2.48. The molecule has 1 aromatic carbocycles. The summed E-state index contributed by atoms with van der Waals surface area (Å²) < 4.78 is 13.5. The monoisotopic (exact) mass is 181 g/mol. The number of aromatic hydroxyl groups is 1. The molecular formula is C10H12FNO. The van der Waals surface area contributed by atoms with Gasteiger partial charge in [0.1, 0.15) is 11.9 Å². The van der Waals surface area contributed by atoms with Crippen LogP contribution < -0.4 is 5.32 Å². The van der Waals surface area contributed by atoms with E-state index in [9.17, 15) is 9.50 Å². The number of alkyl halides is 1. The Morgan fingerprint density at radius 2 is 2.31 bits per heavy atom. The fourth-order valence-corrected chi connectivity index (χ4v) is 1.69. The highest BCUT2D eigenvalue weighted by atomic mass is 19.1. The van der Waals surface area contributed by atoms with Crippen LogP contribution in [0.2, 0.25) is 0 Å². The van der Waals surface area contributed by atoms with Crippen LogP contribution in [0.4, 0.5) is 10.1 Å². The summed E-state index contributed by atoms with van der Waals surface area (Å²) in [5, 5.41) is 12.6. The first-order valence-corrected chi connectivity index (χ1v) is 4.49. The molecule has 0 aromatic heterocycles. The van der Waals surface area contributed by atoms with Crippen molar-refractivity contribution in [1.29, 1.82) is 0 Å². The van der Waals surface area contributed by atoms with Crippen molar-refractivity contribution in [2.45, 2.75) is 19.0 Å². The average molecular weight is 181 g/mol. The van der Waals surface area contributed by atoms with E-state index in [1.54, 1.807) is 12.1 Å². The lowest BCUT2D eigenvalue weighted by Gasteiger charge is -2.11. The highest BCUT2D eigenvalue weighted by molar-refractivity contribution is 5.58. The van der Waals surface area contributed by atoms with Crippen LogP contribution in [0.3, 0.4) is 0 Å². The van der Waals surface area contributed by atoms with Crippen LogP contribution >= 0.6 is 0 Å². The minimum atomic E-state index is -1.04. The standard InChI is InChI=1S/C10H12FNO/c11-7-3-2-6-12-8-4-1-5-9(13)10(7)8/h1,4-5,7,12-13H,2-3,6H2. The molecule has 0 amide bonds. The molecule has 2 N–H and O–H groups in total. The molecule has 0 saturated carbocycles. The summed E-state index contributed by atoms with van der Waals surface area (Å²) in [4.78, 5) is 0. The zero-order valence-corrected chi connectivity index (χ0v) is 7.26. The van der Waals surface area contributed by atoms with E-state index in [-0.39, 0.29) is 5.75 Å². The molecule has 1 aromatic rings. The molecule has 2 nitrogen and oxygen atoms in total. The van der Waals surface area contributed by atoms with E-state index >= 15 is 0 Å². The van der Waals surface area contributed by atoms with E-state index in [2.05, 4.69) is 5.32 Å². The fraction of sp³-hybridized carbons (Fsp3) is 0.400. The van der Waals surface area contributed by atoms with Crippen LogP contribution in [-0.4, -0.2) is 11.7 Å². The van der Waals surface area contributed by atoms with Crippen molar-refractivity contribution in [3.63, 3.8) is 0 Å². The van der Waals surface area contributed by atoms with Crippen molar-refractivity contribution < 1.29 is 9.50 Å². The molecule has 0 aliphatic carbocycles. The summed E-state index contributed by atoms with van der Waals surface area (Å²) in [6, 6.07) is 5.05. The number of hydrogen-bond donors (Lipinski definition) is 2. The largest absolute Gasteiger partial charge is 0.507 e. The summed E-state index contributed by atoms with van der Waals surface area (Å²) in [7, 11) is 0. The average Bonchev–Trinajstić information content (AvgIpc) is 2.29. The van der Waals surface area contributed by atoms with E-state index in [0.717, 1.165) is 18.7 Å². The normalized spacial score (nSPS) is 21.5. The van der Waals surface area contributed by atoms with Gasteiger partial charge in [0.25, 0.3) is 0 Å². The number of rotatable bonds is 0. The van der Waals surface area contributed by atoms with Crippen molar-refractivity contribution in [3.05, 3.63) is 23.8 Å². The van der Waals surface area contributed by atoms with Gasteiger partial charge in [-0.3, -0.25) is 0 Å². The number of phenols is 1. The summed E-state index contributed by atoms with van der Waals surface area (Å²) in [6.07, 6.45) is 0.249. The predicted molar refractivity (Wildman–Crippen MR) is 49.7 cm³/mol. The summed E-state index contributed by atoms with van der Waals surface area (Å²) in [5.41, 5.74) is 1.14. The van der Waals surface area contributed by atoms with Gasteiger partial charge < -0.3 is 10.4 Å². The lowest BCUT2D eigenvalue weighted by molar-refractivity contribution is 0.313. The maximum absolute atomic E-state index is 13.5. The van der Waals surface area contributed by atoms with Crippen LogP contribution in [0, 0.1) is 0 Å². The van der Waals surface area contributed by atoms with E-state index in [0.29, 0.717) is 12.0 Å². The topological polar surface area (TPSA) is 32.3 Å². The first-order chi connectivity index (χ1) is 6.29. The van der Waals surface area contributed by atoms with Gasteiger partial charge in [-0.05, 0) is 25.0 Å². The molecule has 0 bridgehead atoms. The number of hydrogen-bond acceptors (Lipinski definition) is 2. The third kappa shape index (κ3) is 1.46. The van der Waals surface area contributed by atoms with Gasteiger partial charge >= 0.3 is 0 Å². The molecule has 0 spiro atoms. The molecule has 1 unspecified atom stereocenters. The van der Waals surface area contributed by atoms with Crippen LogP contribution in [0.5, 0.6) is 5.75 Å². The van der Waals surface area contributed by atoms with Crippen LogP contribution in [0.25, 0.3) is 0 Å².